The third-order valence-corrected chi connectivity index (χ3v) is 3.04. The second-order valence-corrected chi connectivity index (χ2v) is 4.57. The SMILES string of the molecule is Cc1cc(N)cc(NCC2CCOCC2)c1. The van der Waals surface area contributed by atoms with Crippen molar-refractivity contribution in [2.45, 2.75) is 19.8 Å². The number of nitrogens with one attached hydrogen (secondary N) is 1. The van der Waals surface area contributed by atoms with Crippen molar-refractivity contribution >= 4 is 11.4 Å². The normalized spacial score (nSPS) is 17.3. The minimum atomic E-state index is 0.732. The van der Waals surface area contributed by atoms with Gasteiger partial charge in [-0.3, -0.25) is 0 Å². The highest BCUT2D eigenvalue weighted by Gasteiger charge is 2.13. The van der Waals surface area contributed by atoms with Crippen molar-refractivity contribution < 1.29 is 4.74 Å². The van der Waals surface area contributed by atoms with E-state index in [9.17, 15) is 0 Å². The second-order valence-electron chi connectivity index (χ2n) is 4.57. The molecule has 0 amide bonds. The van der Waals surface area contributed by atoms with Crippen LogP contribution >= 0.6 is 0 Å². The topological polar surface area (TPSA) is 47.3 Å². The largest absolute Gasteiger partial charge is 0.399 e. The van der Waals surface area contributed by atoms with Crippen molar-refractivity contribution in [3.63, 3.8) is 0 Å². The fourth-order valence-corrected chi connectivity index (χ4v) is 2.13. The third-order valence-electron chi connectivity index (χ3n) is 3.04. The van der Waals surface area contributed by atoms with Crippen molar-refractivity contribution in [1.29, 1.82) is 0 Å². The number of rotatable bonds is 3. The van der Waals surface area contributed by atoms with E-state index in [0.29, 0.717) is 0 Å². The van der Waals surface area contributed by atoms with E-state index in [2.05, 4.69) is 18.3 Å². The summed E-state index contributed by atoms with van der Waals surface area (Å²) < 4.78 is 5.34. The minimum Gasteiger partial charge on any atom is -0.399 e. The number of hydrogen-bond acceptors (Lipinski definition) is 3. The highest BCUT2D eigenvalue weighted by Crippen LogP contribution is 2.19. The van der Waals surface area contributed by atoms with Gasteiger partial charge in [0, 0.05) is 31.1 Å². The summed E-state index contributed by atoms with van der Waals surface area (Å²) in [5, 5.41) is 3.46. The molecule has 1 aromatic carbocycles. The lowest BCUT2D eigenvalue weighted by Crippen LogP contribution is -2.22. The monoisotopic (exact) mass is 220 g/mol. The molecule has 1 aliphatic rings. The summed E-state index contributed by atoms with van der Waals surface area (Å²) in [5.41, 5.74) is 8.97. The lowest BCUT2D eigenvalue weighted by Gasteiger charge is -2.22. The molecule has 3 nitrogen and oxygen atoms in total. The Kier molecular flexibility index (Phi) is 3.67. The van der Waals surface area contributed by atoms with E-state index in [4.69, 9.17) is 10.5 Å². The molecular weight excluding hydrogens is 200 g/mol. The molecule has 1 saturated heterocycles. The summed E-state index contributed by atoms with van der Waals surface area (Å²) in [4.78, 5) is 0. The Morgan fingerprint density at radius 3 is 2.75 bits per heavy atom. The van der Waals surface area contributed by atoms with Gasteiger partial charge in [-0.25, -0.2) is 0 Å². The van der Waals surface area contributed by atoms with Gasteiger partial charge in [-0.15, -0.1) is 0 Å². The zero-order chi connectivity index (χ0) is 11.4. The maximum atomic E-state index is 5.81. The van der Waals surface area contributed by atoms with Gasteiger partial charge in [0.05, 0.1) is 0 Å². The van der Waals surface area contributed by atoms with Crippen LogP contribution in [0, 0.1) is 12.8 Å². The molecule has 16 heavy (non-hydrogen) atoms. The molecule has 1 aromatic rings. The Balaban J connectivity index is 1.88. The van der Waals surface area contributed by atoms with E-state index in [1.807, 2.05) is 12.1 Å². The van der Waals surface area contributed by atoms with Crippen molar-refractivity contribution in [3.05, 3.63) is 23.8 Å². The van der Waals surface area contributed by atoms with Crippen molar-refractivity contribution in [1.82, 2.24) is 0 Å². The van der Waals surface area contributed by atoms with Gasteiger partial charge in [-0.05, 0) is 49.4 Å². The zero-order valence-electron chi connectivity index (χ0n) is 9.83. The van der Waals surface area contributed by atoms with Crippen LogP contribution in [0.5, 0.6) is 0 Å². The maximum Gasteiger partial charge on any atom is 0.0469 e. The van der Waals surface area contributed by atoms with E-state index in [1.165, 1.54) is 5.56 Å². The molecule has 0 spiro atoms. The second kappa shape index (κ2) is 5.21. The summed E-state index contributed by atoms with van der Waals surface area (Å²) in [6.07, 6.45) is 2.32. The molecule has 0 atom stereocenters. The van der Waals surface area contributed by atoms with Crippen LogP contribution in [0.15, 0.2) is 18.2 Å². The van der Waals surface area contributed by atoms with E-state index in [1.54, 1.807) is 0 Å². The van der Waals surface area contributed by atoms with Gasteiger partial charge in [-0.1, -0.05) is 0 Å². The fraction of sp³-hybridized carbons (Fsp3) is 0.538. The zero-order valence-corrected chi connectivity index (χ0v) is 9.83. The van der Waals surface area contributed by atoms with Gasteiger partial charge >= 0.3 is 0 Å². The Morgan fingerprint density at radius 2 is 2.06 bits per heavy atom. The van der Waals surface area contributed by atoms with Gasteiger partial charge in [0.15, 0.2) is 0 Å². The molecule has 3 N–H and O–H groups in total. The molecule has 0 aliphatic carbocycles. The summed E-state index contributed by atoms with van der Waals surface area (Å²) in [5.74, 6) is 0.732. The van der Waals surface area contributed by atoms with Crippen molar-refractivity contribution in [2.75, 3.05) is 30.8 Å². The predicted molar refractivity (Wildman–Crippen MR) is 67.6 cm³/mol. The first-order chi connectivity index (χ1) is 7.74. The Morgan fingerprint density at radius 1 is 1.31 bits per heavy atom. The summed E-state index contributed by atoms with van der Waals surface area (Å²) in [6, 6.07) is 6.11. The molecule has 1 heterocycles. The number of nitrogen functional groups attached to an aromatic ring is 1. The fourth-order valence-electron chi connectivity index (χ4n) is 2.13. The van der Waals surface area contributed by atoms with Crippen LogP contribution in [0.3, 0.4) is 0 Å². The Labute approximate surface area is 97.0 Å². The molecular formula is C13H20N2O. The predicted octanol–water partition coefficient (Wildman–Crippen LogP) is 2.42. The number of anilines is 2. The van der Waals surface area contributed by atoms with Crippen molar-refractivity contribution in [2.24, 2.45) is 5.92 Å². The minimum absolute atomic E-state index is 0.732. The van der Waals surface area contributed by atoms with Gasteiger partial charge < -0.3 is 15.8 Å². The molecule has 1 aliphatic heterocycles. The van der Waals surface area contributed by atoms with Gasteiger partial charge in [0.25, 0.3) is 0 Å². The highest BCUT2D eigenvalue weighted by atomic mass is 16.5. The number of nitrogens with two attached hydrogens (primary N) is 1. The quantitative estimate of drug-likeness (QED) is 0.769. The van der Waals surface area contributed by atoms with Crippen LogP contribution in [-0.2, 0) is 4.74 Å². The highest BCUT2D eigenvalue weighted by molar-refractivity contribution is 5.56. The lowest BCUT2D eigenvalue weighted by atomic mass is 10.0. The van der Waals surface area contributed by atoms with Crippen LogP contribution in [0.25, 0.3) is 0 Å². The van der Waals surface area contributed by atoms with Crippen LogP contribution in [0.4, 0.5) is 11.4 Å². The molecule has 0 bridgehead atoms. The van der Waals surface area contributed by atoms with Crippen LogP contribution < -0.4 is 11.1 Å². The van der Waals surface area contributed by atoms with E-state index >= 15 is 0 Å². The molecule has 0 radical (unpaired) electrons. The Hall–Kier alpha value is -1.22. The first kappa shape index (κ1) is 11.3. The molecule has 1 fully saturated rings. The molecule has 3 heteroatoms. The van der Waals surface area contributed by atoms with E-state index < -0.39 is 0 Å². The molecule has 88 valence electrons. The maximum absolute atomic E-state index is 5.81. The average Bonchev–Trinajstić information content (AvgIpc) is 2.27. The molecule has 0 saturated carbocycles. The molecule has 0 aromatic heterocycles. The number of benzene rings is 1. The third kappa shape index (κ3) is 3.14. The number of hydrogen-bond donors (Lipinski definition) is 2. The summed E-state index contributed by atoms with van der Waals surface area (Å²) >= 11 is 0. The molecule has 2 rings (SSSR count). The van der Waals surface area contributed by atoms with Gasteiger partial charge in [0.1, 0.15) is 0 Å². The Bertz CT molecular complexity index is 326. The average molecular weight is 220 g/mol. The van der Waals surface area contributed by atoms with Gasteiger partial charge in [-0.2, -0.15) is 0 Å². The van der Waals surface area contributed by atoms with Crippen molar-refractivity contribution in [3.8, 4) is 0 Å². The van der Waals surface area contributed by atoms with E-state index in [0.717, 1.165) is 49.9 Å². The summed E-state index contributed by atoms with van der Waals surface area (Å²) in [6.45, 7) is 4.90. The van der Waals surface area contributed by atoms with Crippen LogP contribution in [0.1, 0.15) is 18.4 Å². The first-order valence-electron chi connectivity index (χ1n) is 5.93. The number of ether oxygens (including phenoxy) is 1. The van der Waals surface area contributed by atoms with Crippen LogP contribution in [0.2, 0.25) is 0 Å². The van der Waals surface area contributed by atoms with Gasteiger partial charge in [0.2, 0.25) is 0 Å². The molecule has 0 unspecified atom stereocenters. The smallest absolute Gasteiger partial charge is 0.0469 e. The first-order valence-corrected chi connectivity index (χ1v) is 5.93. The summed E-state index contributed by atoms with van der Waals surface area (Å²) in [7, 11) is 0. The standard InChI is InChI=1S/C13H20N2O/c1-10-6-12(14)8-13(7-10)15-9-11-2-4-16-5-3-11/h6-8,11,15H,2-5,9,14H2,1H3. The lowest BCUT2D eigenvalue weighted by molar-refractivity contribution is 0.0699. The van der Waals surface area contributed by atoms with Crippen LogP contribution in [-0.4, -0.2) is 19.8 Å². The van der Waals surface area contributed by atoms with E-state index in [-0.39, 0.29) is 0 Å². The number of aryl methyl sites for hydroxylation is 1.